The standard InChI is InChI=1S/C22H23N7O3/c1-3-18(30)24-16-12-17-19(26-27-20(17)23-13-16)21(31)25-15-6-4-14(5-7-15)22(32)29-10-8-28(2)9-11-29/h3-7,12-13H,1,8-11H2,2H3,(H,24,30)(H,25,31)(H,23,26,27). The van der Waals surface area contributed by atoms with Gasteiger partial charge in [0.2, 0.25) is 5.91 Å². The molecule has 10 heteroatoms. The number of amides is 3. The highest BCUT2D eigenvalue weighted by Gasteiger charge is 2.20. The number of carbonyl (C=O) groups is 3. The minimum atomic E-state index is -0.417. The fourth-order valence-corrected chi connectivity index (χ4v) is 3.42. The summed E-state index contributed by atoms with van der Waals surface area (Å²) in [6.07, 6.45) is 2.59. The number of fused-ring (bicyclic) bond motifs is 1. The van der Waals surface area contributed by atoms with Crippen LogP contribution < -0.4 is 10.6 Å². The zero-order chi connectivity index (χ0) is 22.7. The molecule has 3 amide bonds. The summed E-state index contributed by atoms with van der Waals surface area (Å²) in [7, 11) is 2.04. The van der Waals surface area contributed by atoms with Gasteiger partial charge >= 0.3 is 0 Å². The van der Waals surface area contributed by atoms with E-state index in [1.165, 1.54) is 6.20 Å². The van der Waals surface area contributed by atoms with Crippen molar-refractivity contribution in [1.82, 2.24) is 25.0 Å². The number of aromatic nitrogens is 3. The highest BCUT2D eigenvalue weighted by molar-refractivity contribution is 6.11. The van der Waals surface area contributed by atoms with Crippen LogP contribution in [0, 0.1) is 0 Å². The zero-order valence-corrected chi connectivity index (χ0v) is 17.6. The Hall–Kier alpha value is -4.05. The number of hydrogen-bond acceptors (Lipinski definition) is 6. The van der Waals surface area contributed by atoms with Crippen LogP contribution in [-0.2, 0) is 4.79 Å². The van der Waals surface area contributed by atoms with Crippen LogP contribution in [0.25, 0.3) is 11.0 Å². The average Bonchev–Trinajstić information content (AvgIpc) is 3.23. The third kappa shape index (κ3) is 4.49. The number of nitrogens with one attached hydrogen (secondary N) is 3. The molecule has 0 spiro atoms. The number of pyridine rings is 1. The van der Waals surface area contributed by atoms with Gasteiger partial charge in [-0.1, -0.05) is 6.58 Å². The predicted molar refractivity (Wildman–Crippen MR) is 121 cm³/mol. The Labute approximate surface area is 184 Å². The van der Waals surface area contributed by atoms with Crippen molar-refractivity contribution < 1.29 is 14.4 Å². The quantitative estimate of drug-likeness (QED) is 0.527. The summed E-state index contributed by atoms with van der Waals surface area (Å²) >= 11 is 0. The van der Waals surface area contributed by atoms with Gasteiger partial charge in [-0.3, -0.25) is 19.5 Å². The van der Waals surface area contributed by atoms with Gasteiger partial charge in [0.25, 0.3) is 11.8 Å². The SMILES string of the molecule is C=CC(=O)Nc1cnc2n[nH]c(C(=O)Nc3ccc(C(=O)N4CCN(C)CC4)cc3)c2c1. The lowest BCUT2D eigenvalue weighted by molar-refractivity contribution is -0.111. The van der Waals surface area contributed by atoms with Gasteiger partial charge in [0, 0.05) is 37.4 Å². The molecule has 3 N–H and O–H groups in total. The second-order valence-corrected chi connectivity index (χ2v) is 7.51. The van der Waals surface area contributed by atoms with Gasteiger partial charge in [-0.15, -0.1) is 0 Å². The molecular weight excluding hydrogens is 410 g/mol. The number of rotatable bonds is 5. The van der Waals surface area contributed by atoms with Crippen molar-refractivity contribution in [3.05, 3.63) is 60.4 Å². The number of hydrogen-bond donors (Lipinski definition) is 3. The van der Waals surface area contributed by atoms with E-state index < -0.39 is 5.91 Å². The largest absolute Gasteiger partial charge is 0.336 e. The van der Waals surface area contributed by atoms with Crippen LogP contribution >= 0.6 is 0 Å². The van der Waals surface area contributed by atoms with Crippen molar-refractivity contribution in [2.24, 2.45) is 0 Å². The molecular formula is C22H23N7O3. The smallest absolute Gasteiger partial charge is 0.274 e. The highest BCUT2D eigenvalue weighted by atomic mass is 16.2. The summed E-state index contributed by atoms with van der Waals surface area (Å²) < 4.78 is 0. The van der Waals surface area contributed by atoms with Crippen molar-refractivity contribution in [3.63, 3.8) is 0 Å². The molecule has 1 aliphatic rings. The third-order valence-corrected chi connectivity index (χ3v) is 5.27. The van der Waals surface area contributed by atoms with Gasteiger partial charge in [0.05, 0.1) is 17.3 Å². The molecule has 1 aliphatic heterocycles. The molecule has 3 aromatic rings. The van der Waals surface area contributed by atoms with E-state index in [-0.39, 0.29) is 17.5 Å². The maximum atomic E-state index is 12.8. The van der Waals surface area contributed by atoms with Gasteiger partial charge in [0.1, 0.15) is 5.69 Å². The van der Waals surface area contributed by atoms with Crippen LogP contribution in [0.2, 0.25) is 0 Å². The molecule has 0 atom stereocenters. The molecule has 0 aliphatic carbocycles. The normalized spacial score (nSPS) is 14.2. The Bertz CT molecular complexity index is 1180. The van der Waals surface area contributed by atoms with Gasteiger partial charge in [-0.2, -0.15) is 5.10 Å². The lowest BCUT2D eigenvalue weighted by Gasteiger charge is -2.32. The molecule has 0 saturated carbocycles. The number of aromatic amines is 1. The first kappa shape index (κ1) is 21.2. The first-order chi connectivity index (χ1) is 15.4. The maximum absolute atomic E-state index is 12.8. The molecule has 0 unspecified atom stereocenters. The minimum Gasteiger partial charge on any atom is -0.336 e. The number of benzene rings is 1. The monoisotopic (exact) mass is 433 g/mol. The van der Waals surface area contributed by atoms with Gasteiger partial charge in [0.15, 0.2) is 5.65 Å². The van der Waals surface area contributed by atoms with Crippen molar-refractivity contribution in [2.75, 3.05) is 43.9 Å². The summed E-state index contributed by atoms with van der Waals surface area (Å²) in [5.41, 5.74) is 2.09. The van der Waals surface area contributed by atoms with Crippen LogP contribution in [0.3, 0.4) is 0 Å². The Kier molecular flexibility index (Phi) is 5.95. The summed E-state index contributed by atoms with van der Waals surface area (Å²) in [6.45, 7) is 6.51. The van der Waals surface area contributed by atoms with Crippen molar-refractivity contribution >= 4 is 40.1 Å². The molecule has 2 aromatic heterocycles. The number of likely N-dealkylation sites (N-methyl/N-ethyl adjacent to an activating group) is 1. The van der Waals surface area contributed by atoms with E-state index in [0.29, 0.717) is 41.1 Å². The topological polar surface area (TPSA) is 123 Å². The van der Waals surface area contributed by atoms with E-state index in [0.717, 1.165) is 19.2 Å². The summed E-state index contributed by atoms with van der Waals surface area (Å²) in [5, 5.41) is 12.6. The summed E-state index contributed by atoms with van der Waals surface area (Å²) in [5.74, 6) is -0.817. The van der Waals surface area contributed by atoms with Crippen LogP contribution in [0.15, 0.2) is 49.2 Å². The molecule has 0 bridgehead atoms. The third-order valence-electron chi connectivity index (χ3n) is 5.27. The van der Waals surface area contributed by atoms with Gasteiger partial charge < -0.3 is 20.4 Å². The maximum Gasteiger partial charge on any atom is 0.274 e. The van der Waals surface area contributed by atoms with Gasteiger partial charge in [-0.25, -0.2) is 4.98 Å². The molecule has 1 fully saturated rings. The molecule has 1 saturated heterocycles. The molecule has 4 rings (SSSR count). The zero-order valence-electron chi connectivity index (χ0n) is 17.6. The Morgan fingerprint density at radius 3 is 2.47 bits per heavy atom. The van der Waals surface area contributed by atoms with E-state index in [9.17, 15) is 14.4 Å². The molecule has 10 nitrogen and oxygen atoms in total. The summed E-state index contributed by atoms with van der Waals surface area (Å²) in [4.78, 5) is 45.1. The highest BCUT2D eigenvalue weighted by Crippen LogP contribution is 2.20. The fraction of sp³-hybridized carbons (Fsp3) is 0.227. The number of H-pyrrole nitrogens is 1. The lowest BCUT2D eigenvalue weighted by Crippen LogP contribution is -2.47. The molecule has 0 radical (unpaired) electrons. The van der Waals surface area contributed by atoms with E-state index >= 15 is 0 Å². The first-order valence-corrected chi connectivity index (χ1v) is 10.1. The van der Waals surface area contributed by atoms with E-state index in [1.807, 2.05) is 11.9 Å². The van der Waals surface area contributed by atoms with Crippen molar-refractivity contribution in [3.8, 4) is 0 Å². The molecule has 32 heavy (non-hydrogen) atoms. The van der Waals surface area contributed by atoms with Crippen LogP contribution in [0.1, 0.15) is 20.8 Å². The van der Waals surface area contributed by atoms with E-state index in [4.69, 9.17) is 0 Å². The van der Waals surface area contributed by atoms with Gasteiger partial charge in [-0.05, 0) is 43.5 Å². The average molecular weight is 433 g/mol. The minimum absolute atomic E-state index is 0.0179. The van der Waals surface area contributed by atoms with E-state index in [1.54, 1.807) is 30.3 Å². The Balaban J connectivity index is 1.46. The second-order valence-electron chi connectivity index (χ2n) is 7.51. The van der Waals surface area contributed by atoms with E-state index in [2.05, 4.69) is 37.3 Å². The number of anilines is 2. The van der Waals surface area contributed by atoms with Crippen molar-refractivity contribution in [1.29, 1.82) is 0 Å². The number of nitrogens with zero attached hydrogens (tertiary/aromatic N) is 4. The van der Waals surface area contributed by atoms with Crippen LogP contribution in [0.4, 0.5) is 11.4 Å². The number of piperazine rings is 1. The molecule has 3 heterocycles. The summed E-state index contributed by atoms with van der Waals surface area (Å²) in [6, 6.07) is 8.39. The molecule has 1 aromatic carbocycles. The predicted octanol–water partition coefficient (Wildman–Crippen LogP) is 1.72. The second kappa shape index (κ2) is 8.98. The Morgan fingerprint density at radius 2 is 1.78 bits per heavy atom. The Morgan fingerprint density at radius 1 is 1.06 bits per heavy atom. The first-order valence-electron chi connectivity index (χ1n) is 10.1. The lowest BCUT2D eigenvalue weighted by atomic mass is 10.1. The molecule has 164 valence electrons. The van der Waals surface area contributed by atoms with Crippen LogP contribution in [-0.4, -0.2) is 75.9 Å². The van der Waals surface area contributed by atoms with Crippen LogP contribution in [0.5, 0.6) is 0 Å². The number of carbonyl (C=O) groups excluding carboxylic acids is 3. The fourth-order valence-electron chi connectivity index (χ4n) is 3.42. The van der Waals surface area contributed by atoms with Crippen molar-refractivity contribution in [2.45, 2.75) is 0 Å².